The van der Waals surface area contributed by atoms with Gasteiger partial charge in [-0.05, 0) is 0 Å². The zero-order valence-electron chi connectivity index (χ0n) is 11.3. The Morgan fingerprint density at radius 3 is 2.38 bits per heavy atom. The number of aromatic nitrogens is 4. The Kier molecular flexibility index (Phi) is 4.67. The number of carboxylic acids is 1. The third-order valence-electron chi connectivity index (χ3n) is 2.76. The van der Waals surface area contributed by atoms with Crippen LogP contribution in [0.5, 0.6) is 0 Å². The number of imidazole rings is 2. The topological polar surface area (TPSA) is 128 Å². The number of rotatable bonds is 7. The van der Waals surface area contributed by atoms with E-state index in [-0.39, 0.29) is 11.6 Å². The molecule has 0 bridgehead atoms. The zero-order chi connectivity index (χ0) is 15.2. The molecule has 0 aliphatic carbocycles. The van der Waals surface area contributed by atoms with Gasteiger partial charge in [0.15, 0.2) is 5.69 Å². The standard InChI is InChI=1S/C12H16N6O3/c13-1-3-17-5-9(15-7-17)11(19)14-2-4-18-6-10(12(20)21)16-8-18/h5-8H,1-4,13H2,(H,14,19)(H,20,21). The van der Waals surface area contributed by atoms with E-state index >= 15 is 0 Å². The minimum Gasteiger partial charge on any atom is -0.476 e. The lowest BCUT2D eigenvalue weighted by Gasteiger charge is -2.03. The average Bonchev–Trinajstić information content (AvgIpc) is 3.08. The molecule has 0 saturated carbocycles. The molecule has 0 unspecified atom stereocenters. The van der Waals surface area contributed by atoms with E-state index in [0.717, 1.165) is 0 Å². The summed E-state index contributed by atoms with van der Waals surface area (Å²) in [5, 5.41) is 11.4. The summed E-state index contributed by atoms with van der Waals surface area (Å²) >= 11 is 0. The van der Waals surface area contributed by atoms with E-state index in [0.29, 0.717) is 31.9 Å². The van der Waals surface area contributed by atoms with E-state index in [1.807, 2.05) is 0 Å². The van der Waals surface area contributed by atoms with Crippen LogP contribution in [0.25, 0.3) is 0 Å². The molecular formula is C12H16N6O3. The fourth-order valence-corrected chi connectivity index (χ4v) is 1.73. The monoisotopic (exact) mass is 292 g/mol. The molecule has 1 amide bonds. The Labute approximate surface area is 120 Å². The summed E-state index contributed by atoms with van der Waals surface area (Å²) in [6.45, 7) is 1.85. The van der Waals surface area contributed by atoms with Crippen molar-refractivity contribution in [3.05, 3.63) is 36.4 Å². The molecule has 0 fully saturated rings. The lowest BCUT2D eigenvalue weighted by Crippen LogP contribution is -2.27. The van der Waals surface area contributed by atoms with Gasteiger partial charge in [-0.1, -0.05) is 0 Å². The molecular weight excluding hydrogens is 276 g/mol. The Bertz CT molecular complexity index is 632. The van der Waals surface area contributed by atoms with E-state index in [1.165, 1.54) is 12.5 Å². The summed E-state index contributed by atoms with van der Waals surface area (Å²) < 4.78 is 3.33. The van der Waals surface area contributed by atoms with Gasteiger partial charge in [0.1, 0.15) is 5.69 Å². The fourth-order valence-electron chi connectivity index (χ4n) is 1.73. The van der Waals surface area contributed by atoms with Crippen LogP contribution in [0, 0.1) is 0 Å². The quantitative estimate of drug-likeness (QED) is 0.611. The van der Waals surface area contributed by atoms with Gasteiger partial charge in [0.2, 0.25) is 0 Å². The van der Waals surface area contributed by atoms with Gasteiger partial charge < -0.3 is 25.3 Å². The summed E-state index contributed by atoms with van der Waals surface area (Å²) in [4.78, 5) is 30.2. The van der Waals surface area contributed by atoms with Crippen molar-refractivity contribution < 1.29 is 14.7 Å². The highest BCUT2D eigenvalue weighted by atomic mass is 16.4. The van der Waals surface area contributed by atoms with Gasteiger partial charge in [-0.3, -0.25) is 4.79 Å². The van der Waals surface area contributed by atoms with Gasteiger partial charge in [0.25, 0.3) is 5.91 Å². The molecule has 0 spiro atoms. The molecule has 0 aliphatic heterocycles. The van der Waals surface area contributed by atoms with Gasteiger partial charge in [-0.25, -0.2) is 14.8 Å². The van der Waals surface area contributed by atoms with Gasteiger partial charge in [-0.15, -0.1) is 0 Å². The van der Waals surface area contributed by atoms with E-state index in [1.54, 1.807) is 21.7 Å². The number of carbonyl (C=O) groups is 2. The molecule has 0 radical (unpaired) electrons. The van der Waals surface area contributed by atoms with Crippen LogP contribution in [-0.2, 0) is 13.1 Å². The van der Waals surface area contributed by atoms with E-state index in [9.17, 15) is 9.59 Å². The van der Waals surface area contributed by atoms with Crippen LogP contribution in [0.1, 0.15) is 21.0 Å². The van der Waals surface area contributed by atoms with Gasteiger partial charge in [-0.2, -0.15) is 0 Å². The van der Waals surface area contributed by atoms with Crippen molar-refractivity contribution in [3.8, 4) is 0 Å². The highest BCUT2D eigenvalue weighted by Crippen LogP contribution is 1.97. The van der Waals surface area contributed by atoms with Gasteiger partial charge >= 0.3 is 5.97 Å². The van der Waals surface area contributed by atoms with Gasteiger partial charge in [0, 0.05) is 38.6 Å². The molecule has 2 rings (SSSR count). The second kappa shape index (κ2) is 6.66. The smallest absolute Gasteiger partial charge is 0.356 e. The first kappa shape index (κ1) is 14.7. The molecule has 112 valence electrons. The number of carbonyl (C=O) groups excluding carboxylic acids is 1. The highest BCUT2D eigenvalue weighted by molar-refractivity contribution is 5.91. The van der Waals surface area contributed by atoms with Crippen molar-refractivity contribution in [2.75, 3.05) is 13.1 Å². The minimum atomic E-state index is -1.08. The van der Waals surface area contributed by atoms with Gasteiger partial charge in [0.05, 0.1) is 12.7 Å². The summed E-state index contributed by atoms with van der Waals surface area (Å²) in [5.41, 5.74) is 5.71. The molecule has 0 saturated heterocycles. The molecule has 2 aromatic rings. The largest absolute Gasteiger partial charge is 0.476 e. The van der Waals surface area contributed by atoms with Crippen molar-refractivity contribution in [3.63, 3.8) is 0 Å². The van der Waals surface area contributed by atoms with Crippen molar-refractivity contribution in [2.45, 2.75) is 13.1 Å². The molecule has 0 atom stereocenters. The third kappa shape index (κ3) is 3.89. The minimum absolute atomic E-state index is 0.0261. The van der Waals surface area contributed by atoms with Crippen LogP contribution < -0.4 is 11.1 Å². The molecule has 4 N–H and O–H groups in total. The normalized spacial score (nSPS) is 10.5. The Morgan fingerprint density at radius 2 is 1.76 bits per heavy atom. The number of aromatic carboxylic acids is 1. The first-order chi connectivity index (χ1) is 10.1. The second-order valence-electron chi connectivity index (χ2n) is 4.34. The number of hydrogen-bond donors (Lipinski definition) is 3. The van der Waals surface area contributed by atoms with Crippen molar-refractivity contribution >= 4 is 11.9 Å². The van der Waals surface area contributed by atoms with Crippen LogP contribution in [0.15, 0.2) is 25.0 Å². The van der Waals surface area contributed by atoms with E-state index < -0.39 is 5.97 Å². The second-order valence-corrected chi connectivity index (χ2v) is 4.34. The number of hydrogen-bond acceptors (Lipinski definition) is 5. The summed E-state index contributed by atoms with van der Waals surface area (Å²) in [6, 6.07) is 0. The predicted molar refractivity (Wildman–Crippen MR) is 72.8 cm³/mol. The lowest BCUT2D eigenvalue weighted by molar-refractivity contribution is 0.0690. The lowest BCUT2D eigenvalue weighted by atomic mass is 10.4. The Balaban J connectivity index is 1.81. The Hall–Kier alpha value is -2.68. The van der Waals surface area contributed by atoms with Crippen LogP contribution in [0.4, 0.5) is 0 Å². The van der Waals surface area contributed by atoms with Crippen molar-refractivity contribution in [1.82, 2.24) is 24.4 Å². The fraction of sp³-hybridized carbons (Fsp3) is 0.333. The van der Waals surface area contributed by atoms with Crippen molar-refractivity contribution in [2.24, 2.45) is 5.73 Å². The van der Waals surface area contributed by atoms with E-state index in [2.05, 4.69) is 15.3 Å². The summed E-state index contributed by atoms with van der Waals surface area (Å²) in [5.74, 6) is -1.37. The predicted octanol–water partition coefficient (Wildman–Crippen LogP) is -0.833. The Morgan fingerprint density at radius 1 is 1.14 bits per heavy atom. The molecule has 9 heteroatoms. The summed E-state index contributed by atoms with van der Waals surface area (Å²) in [7, 11) is 0. The number of carboxylic acid groups (broad SMARTS) is 1. The SMILES string of the molecule is NCCn1cnc(C(=O)NCCn2cnc(C(=O)O)c2)c1. The highest BCUT2D eigenvalue weighted by Gasteiger charge is 2.09. The molecule has 2 heterocycles. The number of amides is 1. The molecule has 0 aromatic carbocycles. The first-order valence-electron chi connectivity index (χ1n) is 6.35. The van der Waals surface area contributed by atoms with Crippen LogP contribution >= 0.6 is 0 Å². The summed E-state index contributed by atoms with van der Waals surface area (Å²) in [6.07, 6.45) is 5.99. The molecule has 9 nitrogen and oxygen atoms in total. The van der Waals surface area contributed by atoms with E-state index in [4.69, 9.17) is 10.8 Å². The van der Waals surface area contributed by atoms with Crippen LogP contribution in [-0.4, -0.2) is 49.2 Å². The van der Waals surface area contributed by atoms with Crippen LogP contribution in [0.3, 0.4) is 0 Å². The first-order valence-corrected chi connectivity index (χ1v) is 6.35. The maximum Gasteiger partial charge on any atom is 0.356 e. The zero-order valence-corrected chi connectivity index (χ0v) is 11.3. The third-order valence-corrected chi connectivity index (χ3v) is 2.76. The molecule has 2 aromatic heterocycles. The van der Waals surface area contributed by atoms with Crippen molar-refractivity contribution in [1.29, 1.82) is 0 Å². The van der Waals surface area contributed by atoms with Crippen LogP contribution in [0.2, 0.25) is 0 Å². The number of nitrogens with zero attached hydrogens (tertiary/aromatic N) is 4. The molecule has 21 heavy (non-hydrogen) atoms. The molecule has 0 aliphatic rings. The maximum absolute atomic E-state index is 11.8. The maximum atomic E-state index is 11.8. The number of nitrogens with one attached hydrogen (secondary N) is 1. The average molecular weight is 292 g/mol. The number of nitrogens with two attached hydrogens (primary N) is 1.